The first-order valence-electron chi connectivity index (χ1n) is 7.87. The standard InChI is InChI=1S/C20H18N2O3/c1-13-18(15-8-5-4-6-9-15)19(23)21-14(2)22(13)17-11-7-10-16(12-17)20(24)25-3/h4-12H,1-3H3. The first kappa shape index (κ1) is 16.6. The molecule has 5 heteroatoms. The van der Waals surface area contributed by atoms with Crippen molar-refractivity contribution in [2.75, 3.05) is 7.11 Å². The Morgan fingerprint density at radius 2 is 1.76 bits per heavy atom. The van der Waals surface area contributed by atoms with E-state index < -0.39 is 5.97 Å². The molecule has 0 saturated heterocycles. The highest BCUT2D eigenvalue weighted by molar-refractivity contribution is 5.90. The average molecular weight is 334 g/mol. The smallest absolute Gasteiger partial charge is 0.337 e. The molecule has 0 fully saturated rings. The fourth-order valence-corrected chi connectivity index (χ4v) is 2.97. The number of nitrogens with zero attached hydrogens (tertiary/aromatic N) is 2. The van der Waals surface area contributed by atoms with Gasteiger partial charge in [-0.2, -0.15) is 4.98 Å². The normalized spacial score (nSPS) is 10.5. The molecule has 1 heterocycles. The molecule has 2 aromatic carbocycles. The molecule has 1 aromatic heterocycles. The lowest BCUT2D eigenvalue weighted by Crippen LogP contribution is -2.20. The number of ether oxygens (including phenoxy) is 1. The summed E-state index contributed by atoms with van der Waals surface area (Å²) in [7, 11) is 1.35. The summed E-state index contributed by atoms with van der Waals surface area (Å²) in [6, 6.07) is 16.5. The highest BCUT2D eigenvalue weighted by Gasteiger charge is 2.15. The van der Waals surface area contributed by atoms with E-state index in [1.54, 1.807) is 25.1 Å². The summed E-state index contributed by atoms with van der Waals surface area (Å²) in [4.78, 5) is 28.5. The van der Waals surface area contributed by atoms with Gasteiger partial charge in [-0.15, -0.1) is 0 Å². The zero-order valence-electron chi connectivity index (χ0n) is 14.3. The fraction of sp³-hybridized carbons (Fsp3) is 0.150. The first-order valence-corrected chi connectivity index (χ1v) is 7.87. The maximum Gasteiger partial charge on any atom is 0.337 e. The number of hydrogen-bond acceptors (Lipinski definition) is 4. The Labute approximate surface area is 145 Å². The maximum atomic E-state index is 12.5. The van der Waals surface area contributed by atoms with E-state index in [4.69, 9.17) is 4.74 Å². The van der Waals surface area contributed by atoms with Gasteiger partial charge in [0.25, 0.3) is 5.56 Å². The van der Waals surface area contributed by atoms with Gasteiger partial charge in [-0.3, -0.25) is 4.79 Å². The molecule has 126 valence electrons. The van der Waals surface area contributed by atoms with Gasteiger partial charge in [0, 0.05) is 11.4 Å². The Hall–Kier alpha value is -3.21. The van der Waals surface area contributed by atoms with Crippen LogP contribution in [-0.4, -0.2) is 22.6 Å². The molecule has 0 bridgehead atoms. The minimum absolute atomic E-state index is 0.262. The number of aromatic nitrogens is 2. The Bertz CT molecular complexity index is 992. The molecule has 0 aliphatic rings. The monoisotopic (exact) mass is 334 g/mol. The SMILES string of the molecule is COC(=O)c1cccc(-n2c(C)nc(=O)c(-c3ccccc3)c2C)c1. The van der Waals surface area contributed by atoms with Crippen LogP contribution in [0.5, 0.6) is 0 Å². The van der Waals surface area contributed by atoms with Gasteiger partial charge in [-0.25, -0.2) is 4.79 Å². The van der Waals surface area contributed by atoms with Crippen molar-refractivity contribution in [3.63, 3.8) is 0 Å². The molecule has 0 spiro atoms. The van der Waals surface area contributed by atoms with E-state index in [0.29, 0.717) is 17.0 Å². The summed E-state index contributed by atoms with van der Waals surface area (Å²) in [5.41, 5.74) is 3.07. The van der Waals surface area contributed by atoms with Crippen LogP contribution >= 0.6 is 0 Å². The molecule has 3 aromatic rings. The lowest BCUT2D eigenvalue weighted by molar-refractivity contribution is 0.0600. The Morgan fingerprint density at radius 1 is 1.04 bits per heavy atom. The number of benzene rings is 2. The number of aryl methyl sites for hydroxylation is 1. The quantitative estimate of drug-likeness (QED) is 0.690. The van der Waals surface area contributed by atoms with Crippen molar-refractivity contribution in [2.45, 2.75) is 13.8 Å². The molecule has 0 radical (unpaired) electrons. The fourth-order valence-electron chi connectivity index (χ4n) is 2.97. The van der Waals surface area contributed by atoms with Gasteiger partial charge in [0.15, 0.2) is 0 Å². The minimum Gasteiger partial charge on any atom is -0.465 e. The Balaban J connectivity index is 2.25. The summed E-state index contributed by atoms with van der Waals surface area (Å²) in [5, 5.41) is 0. The van der Waals surface area contributed by atoms with Crippen molar-refractivity contribution in [1.29, 1.82) is 0 Å². The molecular weight excluding hydrogens is 316 g/mol. The molecule has 0 aliphatic heterocycles. The van der Waals surface area contributed by atoms with Crippen LogP contribution in [0.1, 0.15) is 21.9 Å². The van der Waals surface area contributed by atoms with Gasteiger partial charge in [-0.05, 0) is 37.6 Å². The summed E-state index contributed by atoms with van der Waals surface area (Å²) in [6.07, 6.45) is 0. The van der Waals surface area contributed by atoms with Gasteiger partial charge in [0.2, 0.25) is 0 Å². The minimum atomic E-state index is -0.408. The van der Waals surface area contributed by atoms with Crippen molar-refractivity contribution in [3.05, 3.63) is 82.0 Å². The lowest BCUT2D eigenvalue weighted by atomic mass is 10.1. The second-order valence-corrected chi connectivity index (χ2v) is 5.67. The third kappa shape index (κ3) is 3.08. The maximum absolute atomic E-state index is 12.5. The van der Waals surface area contributed by atoms with E-state index in [0.717, 1.165) is 16.9 Å². The molecule has 5 nitrogen and oxygen atoms in total. The topological polar surface area (TPSA) is 61.2 Å². The van der Waals surface area contributed by atoms with E-state index in [1.807, 2.05) is 47.9 Å². The molecule has 0 N–H and O–H groups in total. The molecule has 0 amide bonds. The van der Waals surface area contributed by atoms with Gasteiger partial charge in [0.05, 0.1) is 18.2 Å². The third-order valence-corrected chi connectivity index (χ3v) is 4.09. The van der Waals surface area contributed by atoms with E-state index >= 15 is 0 Å². The van der Waals surface area contributed by atoms with Crippen LogP contribution in [0.2, 0.25) is 0 Å². The van der Waals surface area contributed by atoms with E-state index in [2.05, 4.69) is 4.98 Å². The predicted octanol–water partition coefficient (Wildman–Crippen LogP) is 3.30. The second kappa shape index (κ2) is 6.73. The highest BCUT2D eigenvalue weighted by atomic mass is 16.5. The lowest BCUT2D eigenvalue weighted by Gasteiger charge is -2.17. The second-order valence-electron chi connectivity index (χ2n) is 5.67. The van der Waals surface area contributed by atoms with Gasteiger partial charge in [0.1, 0.15) is 5.82 Å². The third-order valence-electron chi connectivity index (χ3n) is 4.09. The van der Waals surface area contributed by atoms with E-state index in [9.17, 15) is 9.59 Å². The molecule has 25 heavy (non-hydrogen) atoms. The largest absolute Gasteiger partial charge is 0.465 e. The summed E-state index contributed by atoms with van der Waals surface area (Å²) in [5.74, 6) is 0.152. The van der Waals surface area contributed by atoms with Crippen LogP contribution in [0.25, 0.3) is 16.8 Å². The number of hydrogen-bond donors (Lipinski definition) is 0. The van der Waals surface area contributed by atoms with Gasteiger partial charge < -0.3 is 9.30 Å². The average Bonchev–Trinajstić information content (AvgIpc) is 2.62. The number of carbonyl (C=O) groups is 1. The molecule has 0 aliphatic carbocycles. The van der Waals surface area contributed by atoms with Crippen molar-refractivity contribution in [1.82, 2.24) is 9.55 Å². The number of rotatable bonds is 3. The number of carbonyl (C=O) groups excluding carboxylic acids is 1. The van der Waals surface area contributed by atoms with E-state index in [1.165, 1.54) is 7.11 Å². The molecule has 3 rings (SSSR count). The zero-order valence-corrected chi connectivity index (χ0v) is 14.3. The number of methoxy groups -OCH3 is 1. The molecule has 0 saturated carbocycles. The highest BCUT2D eigenvalue weighted by Crippen LogP contribution is 2.23. The predicted molar refractivity (Wildman–Crippen MR) is 96.1 cm³/mol. The van der Waals surface area contributed by atoms with Crippen LogP contribution in [0, 0.1) is 13.8 Å². The Morgan fingerprint density at radius 3 is 2.44 bits per heavy atom. The zero-order chi connectivity index (χ0) is 18.0. The van der Waals surface area contributed by atoms with Crippen LogP contribution in [0.15, 0.2) is 59.4 Å². The van der Waals surface area contributed by atoms with Gasteiger partial charge in [-0.1, -0.05) is 36.4 Å². The summed E-state index contributed by atoms with van der Waals surface area (Å²) in [6.45, 7) is 3.65. The molecular formula is C20H18N2O3. The van der Waals surface area contributed by atoms with Crippen LogP contribution in [0.4, 0.5) is 0 Å². The number of esters is 1. The van der Waals surface area contributed by atoms with Crippen molar-refractivity contribution in [2.24, 2.45) is 0 Å². The van der Waals surface area contributed by atoms with Crippen LogP contribution < -0.4 is 5.56 Å². The van der Waals surface area contributed by atoms with Crippen molar-refractivity contribution < 1.29 is 9.53 Å². The first-order chi connectivity index (χ1) is 12.0. The summed E-state index contributed by atoms with van der Waals surface area (Å²) >= 11 is 0. The van der Waals surface area contributed by atoms with Crippen LogP contribution in [0.3, 0.4) is 0 Å². The van der Waals surface area contributed by atoms with E-state index in [-0.39, 0.29) is 5.56 Å². The van der Waals surface area contributed by atoms with Crippen LogP contribution in [-0.2, 0) is 4.74 Å². The molecule has 0 atom stereocenters. The Kier molecular flexibility index (Phi) is 4.48. The van der Waals surface area contributed by atoms with Gasteiger partial charge >= 0.3 is 5.97 Å². The van der Waals surface area contributed by atoms with Crippen molar-refractivity contribution in [3.8, 4) is 16.8 Å². The molecule has 0 unspecified atom stereocenters. The van der Waals surface area contributed by atoms with Crippen molar-refractivity contribution >= 4 is 5.97 Å². The summed E-state index contributed by atoms with van der Waals surface area (Å²) < 4.78 is 6.66.